The van der Waals surface area contributed by atoms with Gasteiger partial charge < -0.3 is 0 Å². The molecule has 4 heteroatoms. The summed E-state index contributed by atoms with van der Waals surface area (Å²) >= 11 is 0. The monoisotopic (exact) mass is 296 g/mol. The lowest BCUT2D eigenvalue weighted by atomic mass is 9.84. The molecule has 0 amide bonds. The molecule has 1 spiro atoms. The number of Topliss-reactive ketones (excluding diaryl/α,β-unsaturated/α-hetero) is 1. The van der Waals surface area contributed by atoms with Crippen molar-refractivity contribution in [2.24, 2.45) is 0 Å². The van der Waals surface area contributed by atoms with Gasteiger partial charge in [-0.15, -0.1) is 0 Å². The Morgan fingerprint density at radius 1 is 1.23 bits per heavy atom. The summed E-state index contributed by atoms with van der Waals surface area (Å²) in [4.78, 5) is 29.7. The molecule has 22 heavy (non-hydrogen) atoms. The standard InChI is InChI=1S/C18H20N2O2/c1-11-9-13(12(2)21)15-14(10-11)16(22)20-8-7-18(17(20)19-15)5-3-4-6-18/h9-10H,3-8H2,1-2H3. The van der Waals surface area contributed by atoms with Crippen molar-refractivity contribution in [3.05, 3.63) is 39.4 Å². The lowest BCUT2D eigenvalue weighted by molar-refractivity contribution is 0.101. The van der Waals surface area contributed by atoms with Gasteiger partial charge in [-0.05, 0) is 50.8 Å². The van der Waals surface area contributed by atoms with E-state index in [0.717, 1.165) is 37.2 Å². The van der Waals surface area contributed by atoms with Crippen molar-refractivity contribution in [2.75, 3.05) is 0 Å². The van der Waals surface area contributed by atoms with Gasteiger partial charge >= 0.3 is 0 Å². The van der Waals surface area contributed by atoms with Crippen LogP contribution in [-0.4, -0.2) is 15.3 Å². The van der Waals surface area contributed by atoms with Gasteiger partial charge in [0.05, 0.1) is 10.9 Å². The first-order valence-electron chi connectivity index (χ1n) is 8.08. The van der Waals surface area contributed by atoms with Gasteiger partial charge in [-0.25, -0.2) is 4.98 Å². The Balaban J connectivity index is 2.09. The smallest absolute Gasteiger partial charge is 0.261 e. The van der Waals surface area contributed by atoms with Gasteiger partial charge in [-0.2, -0.15) is 0 Å². The first kappa shape index (κ1) is 13.7. The van der Waals surface area contributed by atoms with Crippen molar-refractivity contribution < 1.29 is 4.79 Å². The molecule has 1 aliphatic heterocycles. The molecule has 114 valence electrons. The van der Waals surface area contributed by atoms with Crippen LogP contribution < -0.4 is 5.56 Å². The van der Waals surface area contributed by atoms with Gasteiger partial charge in [0, 0.05) is 17.5 Å². The number of hydrogen-bond donors (Lipinski definition) is 0. The van der Waals surface area contributed by atoms with E-state index in [0.29, 0.717) is 16.5 Å². The van der Waals surface area contributed by atoms with Gasteiger partial charge in [0.15, 0.2) is 5.78 Å². The molecule has 2 heterocycles. The Labute approximate surface area is 129 Å². The molecule has 4 rings (SSSR count). The van der Waals surface area contributed by atoms with Crippen molar-refractivity contribution in [3.8, 4) is 0 Å². The summed E-state index contributed by atoms with van der Waals surface area (Å²) in [6.07, 6.45) is 5.67. The molecule has 0 unspecified atom stereocenters. The van der Waals surface area contributed by atoms with E-state index in [-0.39, 0.29) is 16.8 Å². The molecule has 2 aliphatic rings. The van der Waals surface area contributed by atoms with Crippen LogP contribution in [0.4, 0.5) is 0 Å². The van der Waals surface area contributed by atoms with Crippen LogP contribution in [0.25, 0.3) is 10.9 Å². The van der Waals surface area contributed by atoms with Crippen LogP contribution in [0.1, 0.15) is 60.8 Å². The van der Waals surface area contributed by atoms with Crippen molar-refractivity contribution in [3.63, 3.8) is 0 Å². The summed E-state index contributed by atoms with van der Waals surface area (Å²) in [5.74, 6) is 0.901. The van der Waals surface area contributed by atoms with Crippen LogP contribution in [0.2, 0.25) is 0 Å². The largest absolute Gasteiger partial charge is 0.296 e. The zero-order valence-corrected chi connectivity index (χ0v) is 13.1. The fourth-order valence-electron chi connectivity index (χ4n) is 4.31. The van der Waals surface area contributed by atoms with Crippen LogP contribution in [0.5, 0.6) is 0 Å². The first-order valence-corrected chi connectivity index (χ1v) is 8.08. The lowest BCUT2D eigenvalue weighted by Crippen LogP contribution is -2.27. The Bertz CT molecular complexity index is 857. The highest BCUT2D eigenvalue weighted by Crippen LogP contribution is 2.46. The predicted octanol–water partition coefficient (Wildman–Crippen LogP) is 3.12. The summed E-state index contributed by atoms with van der Waals surface area (Å²) in [7, 11) is 0. The average Bonchev–Trinajstić information content (AvgIpc) is 3.09. The fourth-order valence-corrected chi connectivity index (χ4v) is 4.31. The van der Waals surface area contributed by atoms with Crippen molar-refractivity contribution in [2.45, 2.75) is 57.9 Å². The van der Waals surface area contributed by atoms with E-state index in [4.69, 9.17) is 4.98 Å². The first-order chi connectivity index (χ1) is 10.5. The molecule has 1 aromatic carbocycles. The Kier molecular flexibility index (Phi) is 2.80. The molecule has 0 bridgehead atoms. The molecular formula is C18H20N2O2. The summed E-state index contributed by atoms with van der Waals surface area (Å²) in [5, 5.41) is 0.587. The van der Waals surface area contributed by atoms with E-state index in [9.17, 15) is 9.59 Å². The van der Waals surface area contributed by atoms with Crippen molar-refractivity contribution >= 4 is 16.7 Å². The van der Waals surface area contributed by atoms with Crippen LogP contribution in [-0.2, 0) is 12.0 Å². The number of aryl methyl sites for hydroxylation is 1. The third-order valence-corrected chi connectivity index (χ3v) is 5.43. The van der Waals surface area contributed by atoms with Gasteiger partial charge in [-0.1, -0.05) is 12.8 Å². The zero-order valence-electron chi connectivity index (χ0n) is 13.1. The third-order valence-electron chi connectivity index (χ3n) is 5.43. The van der Waals surface area contributed by atoms with E-state index in [1.165, 1.54) is 12.8 Å². The minimum absolute atomic E-state index is 0.0231. The van der Waals surface area contributed by atoms with E-state index in [1.54, 1.807) is 6.92 Å². The maximum absolute atomic E-state index is 12.9. The number of hydrogen-bond acceptors (Lipinski definition) is 3. The minimum atomic E-state index is -0.0241. The van der Waals surface area contributed by atoms with Crippen LogP contribution in [0, 0.1) is 6.92 Å². The van der Waals surface area contributed by atoms with Crippen LogP contribution in [0.15, 0.2) is 16.9 Å². The molecule has 1 aromatic heterocycles. The molecule has 0 atom stereocenters. The maximum atomic E-state index is 12.9. The quantitative estimate of drug-likeness (QED) is 0.760. The van der Waals surface area contributed by atoms with Gasteiger partial charge in [-0.3, -0.25) is 14.2 Å². The zero-order chi connectivity index (χ0) is 15.5. The fraction of sp³-hybridized carbons (Fsp3) is 0.500. The van der Waals surface area contributed by atoms with E-state index >= 15 is 0 Å². The van der Waals surface area contributed by atoms with Crippen molar-refractivity contribution in [1.29, 1.82) is 0 Å². The minimum Gasteiger partial charge on any atom is -0.296 e. The number of rotatable bonds is 1. The van der Waals surface area contributed by atoms with E-state index in [2.05, 4.69) is 0 Å². The molecule has 1 fully saturated rings. The SMILES string of the molecule is CC(=O)c1cc(C)cc2c(=O)n3c(nc12)C1(CCCC1)CC3. The van der Waals surface area contributed by atoms with E-state index in [1.807, 2.05) is 23.6 Å². The number of fused-ring (bicyclic) bond motifs is 3. The third kappa shape index (κ3) is 1.73. The highest BCUT2D eigenvalue weighted by atomic mass is 16.1. The number of aromatic nitrogens is 2. The lowest BCUT2D eigenvalue weighted by Gasteiger charge is -2.22. The highest BCUT2D eigenvalue weighted by molar-refractivity contribution is 6.05. The number of benzene rings is 1. The van der Waals surface area contributed by atoms with E-state index < -0.39 is 0 Å². The molecule has 0 radical (unpaired) electrons. The topological polar surface area (TPSA) is 52.0 Å². The number of ketones is 1. The predicted molar refractivity (Wildman–Crippen MR) is 85.5 cm³/mol. The second-order valence-corrected chi connectivity index (χ2v) is 6.89. The Morgan fingerprint density at radius 2 is 1.95 bits per heavy atom. The summed E-state index contributed by atoms with van der Waals surface area (Å²) in [6, 6.07) is 3.72. The Morgan fingerprint density at radius 3 is 2.64 bits per heavy atom. The molecule has 0 saturated heterocycles. The van der Waals surface area contributed by atoms with Crippen LogP contribution >= 0.6 is 0 Å². The molecule has 4 nitrogen and oxygen atoms in total. The number of carbonyl (C=O) groups excluding carboxylic acids is 1. The highest BCUT2D eigenvalue weighted by Gasteiger charge is 2.43. The molecule has 2 aromatic rings. The van der Waals surface area contributed by atoms with Gasteiger partial charge in [0.2, 0.25) is 0 Å². The molecular weight excluding hydrogens is 276 g/mol. The van der Waals surface area contributed by atoms with Gasteiger partial charge in [0.25, 0.3) is 5.56 Å². The molecule has 0 N–H and O–H groups in total. The molecule has 1 saturated carbocycles. The number of nitrogens with zero attached hydrogens (tertiary/aromatic N) is 2. The second kappa shape index (κ2) is 4.51. The second-order valence-electron chi connectivity index (χ2n) is 6.89. The summed E-state index contributed by atoms with van der Waals surface area (Å²) in [5.41, 5.74) is 2.21. The van der Waals surface area contributed by atoms with Crippen molar-refractivity contribution in [1.82, 2.24) is 9.55 Å². The number of carbonyl (C=O) groups is 1. The average molecular weight is 296 g/mol. The normalized spacial score (nSPS) is 19.0. The summed E-state index contributed by atoms with van der Waals surface area (Å²) in [6.45, 7) is 4.23. The van der Waals surface area contributed by atoms with Gasteiger partial charge in [0.1, 0.15) is 5.82 Å². The van der Waals surface area contributed by atoms with Crippen LogP contribution in [0.3, 0.4) is 0 Å². The molecule has 1 aliphatic carbocycles. The maximum Gasteiger partial charge on any atom is 0.261 e. The Hall–Kier alpha value is -1.97. The summed E-state index contributed by atoms with van der Waals surface area (Å²) < 4.78 is 1.86.